The molecule has 4 fully saturated rings. The molecular formula is C24H40O5. The number of aliphatic hydroxyl groups is 3. The van der Waals surface area contributed by atoms with Crippen LogP contribution in [0.3, 0.4) is 0 Å². The van der Waals surface area contributed by atoms with E-state index < -0.39 is 12.1 Å². The molecule has 166 valence electrons. The molecule has 0 aliphatic heterocycles. The highest BCUT2D eigenvalue weighted by Gasteiger charge is 2.65. The van der Waals surface area contributed by atoms with Gasteiger partial charge in [-0.1, -0.05) is 20.8 Å². The van der Waals surface area contributed by atoms with E-state index in [1.807, 2.05) is 0 Å². The van der Waals surface area contributed by atoms with Gasteiger partial charge >= 0.3 is 5.97 Å². The normalized spacial score (nSPS) is 52.9. The topological polar surface area (TPSA) is 98.0 Å². The summed E-state index contributed by atoms with van der Waals surface area (Å²) in [7, 11) is 0. The van der Waals surface area contributed by atoms with Crippen LogP contribution in [0, 0.1) is 46.3 Å². The minimum absolute atomic E-state index is 0.0957. The average Bonchev–Trinajstić information content (AvgIpc) is 3.01. The van der Waals surface area contributed by atoms with E-state index in [0.29, 0.717) is 30.1 Å². The molecule has 4 aliphatic carbocycles. The zero-order valence-corrected chi connectivity index (χ0v) is 18.3. The van der Waals surface area contributed by atoms with Gasteiger partial charge < -0.3 is 20.4 Å². The zero-order valence-electron chi connectivity index (χ0n) is 18.3. The van der Waals surface area contributed by atoms with Crippen molar-refractivity contribution < 1.29 is 25.2 Å². The second kappa shape index (κ2) is 7.49. The molecule has 5 nitrogen and oxygen atoms in total. The average molecular weight is 409 g/mol. The third-order valence-corrected chi connectivity index (χ3v) is 10.3. The van der Waals surface area contributed by atoms with Gasteiger partial charge in [0.15, 0.2) is 0 Å². The Labute approximate surface area is 174 Å². The van der Waals surface area contributed by atoms with Gasteiger partial charge in [0.2, 0.25) is 0 Å². The lowest BCUT2D eigenvalue weighted by Gasteiger charge is -2.63. The molecule has 0 saturated heterocycles. The van der Waals surface area contributed by atoms with Crippen molar-refractivity contribution in [3.8, 4) is 0 Å². The van der Waals surface area contributed by atoms with Gasteiger partial charge in [0.1, 0.15) is 0 Å². The van der Waals surface area contributed by atoms with Crippen LogP contribution in [-0.4, -0.2) is 44.7 Å². The van der Waals surface area contributed by atoms with Crippen molar-refractivity contribution in [2.24, 2.45) is 46.3 Å². The number of hydrogen-bond acceptors (Lipinski definition) is 4. The van der Waals surface area contributed by atoms with Crippen LogP contribution in [0.15, 0.2) is 0 Å². The Bertz CT molecular complexity index is 637. The fraction of sp³-hybridized carbons (Fsp3) is 0.958. The van der Waals surface area contributed by atoms with Crippen molar-refractivity contribution in [1.82, 2.24) is 0 Å². The van der Waals surface area contributed by atoms with E-state index in [-0.39, 0.29) is 41.3 Å². The Kier molecular flexibility index (Phi) is 5.57. The first-order chi connectivity index (χ1) is 13.6. The lowest BCUT2D eigenvalue weighted by atomic mass is 9.43. The van der Waals surface area contributed by atoms with Crippen molar-refractivity contribution >= 4 is 5.97 Å². The molecule has 0 amide bonds. The van der Waals surface area contributed by atoms with Gasteiger partial charge in [-0.15, -0.1) is 0 Å². The fourth-order valence-corrected chi connectivity index (χ4v) is 8.68. The smallest absolute Gasteiger partial charge is 0.303 e. The molecule has 0 aromatic rings. The molecule has 0 spiro atoms. The summed E-state index contributed by atoms with van der Waals surface area (Å²) >= 11 is 0. The molecule has 5 heteroatoms. The third kappa shape index (κ3) is 3.27. The molecule has 4 aliphatic rings. The SMILES string of the molecule is C[C@@H](CCC(=O)O)[C@H]1CC[C@H]2[C@@H]3[C@H](O)C[C@@H]4C[C@@H](O)CC[C@]4(C)[C@H]3C[C@H](O)[C@]12C. The Morgan fingerprint density at radius 1 is 1.03 bits per heavy atom. The van der Waals surface area contributed by atoms with Crippen LogP contribution < -0.4 is 0 Å². The molecular weight excluding hydrogens is 368 g/mol. The largest absolute Gasteiger partial charge is 0.481 e. The van der Waals surface area contributed by atoms with Crippen molar-refractivity contribution in [1.29, 1.82) is 0 Å². The minimum Gasteiger partial charge on any atom is -0.481 e. The molecule has 11 atom stereocenters. The Balaban J connectivity index is 1.61. The molecule has 4 N–H and O–H groups in total. The first-order valence-corrected chi connectivity index (χ1v) is 11.8. The number of hydrogen-bond donors (Lipinski definition) is 4. The minimum atomic E-state index is -0.748. The van der Waals surface area contributed by atoms with Crippen molar-refractivity contribution in [3.63, 3.8) is 0 Å². The first kappa shape index (κ1) is 21.6. The Morgan fingerprint density at radius 3 is 2.45 bits per heavy atom. The maximum absolute atomic E-state index is 11.5. The van der Waals surface area contributed by atoms with Crippen LogP contribution in [0.2, 0.25) is 0 Å². The predicted octanol–water partition coefficient (Wildman–Crippen LogP) is 3.45. The number of aliphatic carboxylic acids is 1. The van der Waals surface area contributed by atoms with Gasteiger partial charge in [0, 0.05) is 6.42 Å². The monoisotopic (exact) mass is 408 g/mol. The van der Waals surface area contributed by atoms with Crippen molar-refractivity contribution in [2.75, 3.05) is 0 Å². The maximum atomic E-state index is 11.5. The molecule has 4 saturated carbocycles. The molecule has 0 aromatic heterocycles. The van der Waals surface area contributed by atoms with E-state index in [0.717, 1.165) is 44.9 Å². The number of carboxylic acids is 1. The number of rotatable bonds is 4. The predicted molar refractivity (Wildman–Crippen MR) is 110 cm³/mol. The summed E-state index contributed by atoms with van der Waals surface area (Å²) in [4.78, 5) is 11.1. The first-order valence-electron chi connectivity index (χ1n) is 11.8. The maximum Gasteiger partial charge on any atom is 0.303 e. The van der Waals surface area contributed by atoms with Crippen molar-refractivity contribution in [3.05, 3.63) is 0 Å². The van der Waals surface area contributed by atoms with Crippen LogP contribution in [0.4, 0.5) is 0 Å². The van der Waals surface area contributed by atoms with Gasteiger partial charge in [-0.05, 0) is 97.7 Å². The summed E-state index contributed by atoms with van der Waals surface area (Å²) in [6, 6.07) is 0. The van der Waals surface area contributed by atoms with Gasteiger partial charge in [-0.25, -0.2) is 0 Å². The number of aliphatic hydroxyl groups excluding tert-OH is 3. The Morgan fingerprint density at radius 2 is 1.76 bits per heavy atom. The molecule has 4 rings (SSSR count). The highest BCUT2D eigenvalue weighted by atomic mass is 16.4. The lowest BCUT2D eigenvalue weighted by molar-refractivity contribution is -0.207. The second-order valence-electron chi connectivity index (χ2n) is 11.4. The second-order valence-corrected chi connectivity index (χ2v) is 11.4. The van der Waals surface area contributed by atoms with E-state index in [2.05, 4.69) is 20.8 Å². The lowest BCUT2D eigenvalue weighted by Crippen LogP contribution is -2.62. The molecule has 0 unspecified atom stereocenters. The third-order valence-electron chi connectivity index (χ3n) is 10.3. The molecule has 0 radical (unpaired) electrons. The van der Waals surface area contributed by atoms with Gasteiger partial charge in [-0.3, -0.25) is 4.79 Å². The van der Waals surface area contributed by atoms with Gasteiger partial charge in [0.25, 0.3) is 0 Å². The van der Waals surface area contributed by atoms with Crippen LogP contribution in [-0.2, 0) is 4.79 Å². The van der Waals surface area contributed by atoms with E-state index in [1.54, 1.807) is 0 Å². The van der Waals surface area contributed by atoms with Crippen LogP contribution in [0.25, 0.3) is 0 Å². The molecule has 0 heterocycles. The van der Waals surface area contributed by atoms with Crippen LogP contribution >= 0.6 is 0 Å². The number of carbonyl (C=O) groups is 1. The van der Waals surface area contributed by atoms with Crippen LogP contribution in [0.1, 0.15) is 78.6 Å². The standard InChI is InChI=1S/C24H40O5/c1-13(4-7-21(28)29)16-5-6-17-22-18(12-20(27)24(16,17)3)23(2)9-8-15(25)10-14(23)11-19(22)26/h13-20,22,25-27H,4-12H2,1-3H3,(H,28,29)/t13-,14-,15-,16+,17-,18-,19+,20-,22-,23-,24+/m0/s1. The Hall–Kier alpha value is -0.650. The van der Waals surface area contributed by atoms with Gasteiger partial charge in [0.05, 0.1) is 18.3 Å². The molecule has 0 aromatic carbocycles. The summed E-state index contributed by atoms with van der Waals surface area (Å²) < 4.78 is 0. The summed E-state index contributed by atoms with van der Waals surface area (Å²) in [5.41, 5.74) is -0.143. The summed E-state index contributed by atoms with van der Waals surface area (Å²) in [5, 5.41) is 42.0. The highest BCUT2D eigenvalue weighted by molar-refractivity contribution is 5.66. The quantitative estimate of drug-likeness (QED) is 0.571. The summed E-state index contributed by atoms with van der Waals surface area (Å²) in [6.07, 6.45) is 6.00. The van der Waals surface area contributed by atoms with E-state index >= 15 is 0 Å². The van der Waals surface area contributed by atoms with Gasteiger partial charge in [-0.2, -0.15) is 0 Å². The number of carboxylic acid groups (broad SMARTS) is 1. The highest BCUT2D eigenvalue weighted by Crippen LogP contribution is 2.68. The fourth-order valence-electron chi connectivity index (χ4n) is 8.68. The van der Waals surface area contributed by atoms with E-state index in [1.165, 1.54) is 0 Å². The van der Waals surface area contributed by atoms with E-state index in [4.69, 9.17) is 5.11 Å². The van der Waals surface area contributed by atoms with Crippen molar-refractivity contribution in [2.45, 2.75) is 96.9 Å². The molecule has 29 heavy (non-hydrogen) atoms. The summed E-state index contributed by atoms with van der Waals surface area (Å²) in [6.45, 7) is 6.72. The van der Waals surface area contributed by atoms with Crippen LogP contribution in [0.5, 0.6) is 0 Å². The molecule has 0 bridgehead atoms. The zero-order chi connectivity index (χ0) is 21.1. The van der Waals surface area contributed by atoms with E-state index in [9.17, 15) is 20.1 Å². The number of fused-ring (bicyclic) bond motifs is 5. The summed E-state index contributed by atoms with van der Waals surface area (Å²) in [5.74, 6) is 0.997.